The Bertz CT molecular complexity index is 504. The topological polar surface area (TPSA) is 43.4 Å². The maximum absolute atomic E-state index is 11.5. The van der Waals surface area contributed by atoms with Crippen LogP contribution in [0.2, 0.25) is 0 Å². The fraction of sp³-hybridized carbons (Fsp3) is 0.286. The van der Waals surface area contributed by atoms with Crippen LogP contribution in [0.1, 0.15) is 29.8 Å². The Morgan fingerprint density at radius 1 is 1.33 bits per heavy atom. The van der Waals surface area contributed by atoms with Gasteiger partial charge in [-0.1, -0.05) is 30.0 Å². The number of carbonyl (C=O) groups excluding carboxylic acids is 2. The zero-order valence-electron chi connectivity index (χ0n) is 10.9. The van der Waals surface area contributed by atoms with E-state index in [1.165, 1.54) is 25.8 Å². The van der Waals surface area contributed by atoms with E-state index in [0.717, 1.165) is 10.5 Å². The second kappa shape index (κ2) is 6.40. The minimum Gasteiger partial charge on any atom is -0.465 e. The highest BCUT2D eigenvalue weighted by molar-refractivity contribution is 8.04. The number of rotatable bonds is 4. The lowest BCUT2D eigenvalue weighted by Gasteiger charge is -2.08. The van der Waals surface area contributed by atoms with Gasteiger partial charge in [0.15, 0.2) is 5.78 Å². The molecule has 96 valence electrons. The SMILES string of the molecule is CC=C(Sc1cc(C(C)=O)ccc1C)C(=O)OC. The van der Waals surface area contributed by atoms with Gasteiger partial charge in [-0.25, -0.2) is 4.79 Å². The number of benzene rings is 1. The first kappa shape index (κ1) is 14.5. The van der Waals surface area contributed by atoms with E-state index in [1.807, 2.05) is 13.0 Å². The molecule has 0 bridgehead atoms. The van der Waals surface area contributed by atoms with E-state index in [9.17, 15) is 9.59 Å². The zero-order valence-corrected chi connectivity index (χ0v) is 11.8. The third-order valence-corrected chi connectivity index (χ3v) is 3.75. The van der Waals surface area contributed by atoms with Crippen molar-refractivity contribution in [3.8, 4) is 0 Å². The summed E-state index contributed by atoms with van der Waals surface area (Å²) in [5.41, 5.74) is 1.66. The number of allylic oxidation sites excluding steroid dienone is 1. The van der Waals surface area contributed by atoms with E-state index in [0.29, 0.717) is 10.5 Å². The highest BCUT2D eigenvalue weighted by Gasteiger charge is 2.13. The Labute approximate surface area is 111 Å². The molecule has 0 aromatic heterocycles. The van der Waals surface area contributed by atoms with E-state index >= 15 is 0 Å². The third kappa shape index (κ3) is 3.47. The third-order valence-electron chi connectivity index (χ3n) is 2.46. The Kier molecular flexibility index (Phi) is 5.16. The summed E-state index contributed by atoms with van der Waals surface area (Å²) in [6.07, 6.45) is 1.70. The van der Waals surface area contributed by atoms with E-state index in [1.54, 1.807) is 25.1 Å². The molecule has 0 atom stereocenters. The standard InChI is InChI=1S/C14H16O3S/c1-5-12(14(16)17-4)18-13-8-11(10(3)15)7-6-9(13)2/h5-8H,1-4H3. The summed E-state index contributed by atoms with van der Waals surface area (Å²) in [6.45, 7) is 5.25. The summed E-state index contributed by atoms with van der Waals surface area (Å²) >= 11 is 1.31. The fourth-order valence-electron chi connectivity index (χ4n) is 1.37. The number of ketones is 1. The molecule has 0 saturated heterocycles. The average Bonchev–Trinajstić information content (AvgIpc) is 2.36. The molecule has 1 aromatic rings. The van der Waals surface area contributed by atoms with Gasteiger partial charge in [0.05, 0.1) is 12.0 Å². The number of ether oxygens (including phenoxy) is 1. The van der Waals surface area contributed by atoms with Crippen LogP contribution in [0, 0.1) is 6.92 Å². The largest absolute Gasteiger partial charge is 0.465 e. The van der Waals surface area contributed by atoms with Crippen LogP contribution in [-0.2, 0) is 9.53 Å². The van der Waals surface area contributed by atoms with Crippen LogP contribution in [0.4, 0.5) is 0 Å². The smallest absolute Gasteiger partial charge is 0.344 e. The van der Waals surface area contributed by atoms with Crippen molar-refractivity contribution in [2.24, 2.45) is 0 Å². The van der Waals surface area contributed by atoms with Crippen LogP contribution in [-0.4, -0.2) is 18.9 Å². The molecular formula is C14H16O3S. The van der Waals surface area contributed by atoms with Gasteiger partial charge < -0.3 is 4.74 Å². The number of hydrogen-bond donors (Lipinski definition) is 0. The van der Waals surface area contributed by atoms with Crippen LogP contribution < -0.4 is 0 Å². The second-order valence-corrected chi connectivity index (χ2v) is 4.87. The van der Waals surface area contributed by atoms with E-state index < -0.39 is 0 Å². The van der Waals surface area contributed by atoms with Crippen LogP contribution >= 0.6 is 11.8 Å². The van der Waals surface area contributed by atoms with Crippen molar-refractivity contribution in [1.82, 2.24) is 0 Å². The monoisotopic (exact) mass is 264 g/mol. The second-order valence-electron chi connectivity index (χ2n) is 3.78. The van der Waals surface area contributed by atoms with Gasteiger partial charge in [0, 0.05) is 10.5 Å². The van der Waals surface area contributed by atoms with Gasteiger partial charge in [0.25, 0.3) is 0 Å². The van der Waals surface area contributed by atoms with Gasteiger partial charge in [0.2, 0.25) is 0 Å². The summed E-state index contributed by atoms with van der Waals surface area (Å²) < 4.78 is 4.70. The van der Waals surface area contributed by atoms with E-state index in [-0.39, 0.29) is 11.8 Å². The molecule has 0 radical (unpaired) electrons. The minimum atomic E-state index is -0.366. The number of thioether (sulfide) groups is 1. The highest BCUT2D eigenvalue weighted by Crippen LogP contribution is 2.31. The number of carbonyl (C=O) groups is 2. The summed E-state index contributed by atoms with van der Waals surface area (Å²) in [4.78, 5) is 24.2. The molecule has 0 aliphatic heterocycles. The molecule has 1 aromatic carbocycles. The number of esters is 1. The molecule has 0 spiro atoms. The predicted molar refractivity (Wildman–Crippen MR) is 72.8 cm³/mol. The van der Waals surface area contributed by atoms with Gasteiger partial charge in [-0.2, -0.15) is 0 Å². The molecule has 0 aliphatic rings. The number of Topliss-reactive ketones (excluding diaryl/α,β-unsaturated/α-hetero) is 1. The number of hydrogen-bond acceptors (Lipinski definition) is 4. The molecule has 0 N–H and O–H groups in total. The maximum Gasteiger partial charge on any atom is 0.344 e. The van der Waals surface area contributed by atoms with Crippen molar-refractivity contribution in [1.29, 1.82) is 0 Å². The minimum absolute atomic E-state index is 0.0111. The molecule has 0 aliphatic carbocycles. The van der Waals surface area contributed by atoms with Gasteiger partial charge >= 0.3 is 5.97 Å². The number of aryl methyl sites for hydroxylation is 1. The molecule has 0 saturated carbocycles. The van der Waals surface area contributed by atoms with Crippen molar-refractivity contribution in [3.63, 3.8) is 0 Å². The quantitative estimate of drug-likeness (QED) is 0.362. The predicted octanol–water partition coefficient (Wildman–Crippen LogP) is 3.37. The van der Waals surface area contributed by atoms with Crippen LogP contribution in [0.5, 0.6) is 0 Å². The Hall–Kier alpha value is -1.55. The Morgan fingerprint density at radius 2 is 2.00 bits per heavy atom. The summed E-state index contributed by atoms with van der Waals surface area (Å²) in [5, 5.41) is 0. The lowest BCUT2D eigenvalue weighted by atomic mass is 10.1. The van der Waals surface area contributed by atoms with Crippen LogP contribution in [0.3, 0.4) is 0 Å². The Morgan fingerprint density at radius 3 is 2.50 bits per heavy atom. The van der Waals surface area contributed by atoms with Crippen molar-refractivity contribution in [2.75, 3.05) is 7.11 Å². The molecular weight excluding hydrogens is 248 g/mol. The lowest BCUT2D eigenvalue weighted by molar-refractivity contribution is -0.135. The Balaban J connectivity index is 3.06. The summed E-state index contributed by atoms with van der Waals surface area (Å²) in [7, 11) is 1.35. The molecule has 0 unspecified atom stereocenters. The zero-order chi connectivity index (χ0) is 13.7. The van der Waals surface area contributed by atoms with Gasteiger partial charge in [0.1, 0.15) is 0 Å². The number of methoxy groups -OCH3 is 1. The van der Waals surface area contributed by atoms with Crippen LogP contribution in [0.15, 0.2) is 34.1 Å². The fourth-order valence-corrected chi connectivity index (χ4v) is 2.30. The highest BCUT2D eigenvalue weighted by atomic mass is 32.2. The average molecular weight is 264 g/mol. The lowest BCUT2D eigenvalue weighted by Crippen LogP contribution is -2.02. The van der Waals surface area contributed by atoms with Crippen molar-refractivity contribution in [2.45, 2.75) is 25.7 Å². The molecule has 0 heterocycles. The first-order valence-corrected chi connectivity index (χ1v) is 6.35. The van der Waals surface area contributed by atoms with E-state index in [4.69, 9.17) is 4.74 Å². The molecule has 18 heavy (non-hydrogen) atoms. The normalized spacial score (nSPS) is 11.2. The molecule has 0 fully saturated rings. The van der Waals surface area contributed by atoms with Crippen molar-refractivity contribution in [3.05, 3.63) is 40.3 Å². The van der Waals surface area contributed by atoms with E-state index in [2.05, 4.69) is 0 Å². The molecule has 1 rings (SSSR count). The molecule has 3 nitrogen and oxygen atoms in total. The maximum atomic E-state index is 11.5. The summed E-state index contributed by atoms with van der Waals surface area (Å²) in [5.74, 6) is -0.355. The van der Waals surface area contributed by atoms with Gasteiger partial charge in [-0.3, -0.25) is 4.79 Å². The van der Waals surface area contributed by atoms with Crippen molar-refractivity contribution < 1.29 is 14.3 Å². The summed E-state index contributed by atoms with van der Waals surface area (Å²) in [6, 6.07) is 5.47. The first-order valence-electron chi connectivity index (χ1n) is 5.53. The van der Waals surface area contributed by atoms with Gasteiger partial charge in [-0.15, -0.1) is 0 Å². The molecule has 0 amide bonds. The first-order chi connectivity index (χ1) is 8.49. The van der Waals surface area contributed by atoms with Crippen LogP contribution in [0.25, 0.3) is 0 Å². The van der Waals surface area contributed by atoms with Crippen molar-refractivity contribution >= 4 is 23.5 Å². The van der Waals surface area contributed by atoms with Gasteiger partial charge in [-0.05, 0) is 32.4 Å². The molecule has 4 heteroatoms.